The average Bonchev–Trinajstić information content (AvgIpc) is 2.89. The van der Waals surface area contributed by atoms with Gasteiger partial charge in [-0.25, -0.2) is 9.18 Å². The third-order valence-corrected chi connectivity index (χ3v) is 6.05. The predicted octanol–water partition coefficient (Wildman–Crippen LogP) is 4.80. The Labute approximate surface area is 212 Å². The van der Waals surface area contributed by atoms with Crippen LogP contribution in [-0.4, -0.2) is 50.0 Å². The van der Waals surface area contributed by atoms with Crippen molar-refractivity contribution < 1.29 is 28.2 Å². The molecule has 6 nitrogen and oxygen atoms in total. The molecule has 2 aromatic carbocycles. The van der Waals surface area contributed by atoms with Gasteiger partial charge < -0.3 is 19.5 Å². The summed E-state index contributed by atoms with van der Waals surface area (Å²) in [6.07, 6.45) is 2.57. The van der Waals surface area contributed by atoms with Crippen molar-refractivity contribution in [1.82, 2.24) is 5.32 Å². The lowest BCUT2D eigenvalue weighted by atomic mass is 9.98. The minimum absolute atomic E-state index is 0.0729. The predicted molar refractivity (Wildman–Crippen MR) is 137 cm³/mol. The lowest BCUT2D eigenvalue weighted by Gasteiger charge is -2.24. The van der Waals surface area contributed by atoms with E-state index in [9.17, 15) is 14.0 Å². The van der Waals surface area contributed by atoms with E-state index in [0.717, 1.165) is 29.7 Å². The highest BCUT2D eigenvalue weighted by Crippen LogP contribution is 2.23. The number of ether oxygens (including phenoxy) is 3. The molecule has 2 aromatic rings. The zero-order chi connectivity index (χ0) is 26.0. The fourth-order valence-corrected chi connectivity index (χ4v) is 4.03. The minimum atomic E-state index is -1.57. The molecule has 0 saturated heterocycles. The molecular formula is C29H36FNO5. The number of benzene rings is 2. The molecule has 0 spiro atoms. The molecule has 0 unspecified atom stereocenters. The van der Waals surface area contributed by atoms with Crippen LogP contribution in [0.5, 0.6) is 0 Å². The van der Waals surface area contributed by atoms with Gasteiger partial charge in [0.1, 0.15) is 18.3 Å². The van der Waals surface area contributed by atoms with Crippen LogP contribution in [0.15, 0.2) is 60.7 Å². The molecule has 1 aliphatic rings. The van der Waals surface area contributed by atoms with E-state index >= 15 is 0 Å². The average molecular weight is 498 g/mol. The number of aryl methyl sites for hydroxylation is 1. The smallest absolute Gasteiger partial charge is 0.347 e. The van der Waals surface area contributed by atoms with Crippen molar-refractivity contribution in [2.24, 2.45) is 0 Å². The molecule has 0 aromatic heterocycles. The Bertz CT molecular complexity index is 1010. The Balaban J connectivity index is 1.66. The molecule has 3 rings (SSSR count). The van der Waals surface area contributed by atoms with Crippen molar-refractivity contribution in [2.75, 3.05) is 20.3 Å². The molecule has 0 amide bonds. The summed E-state index contributed by atoms with van der Waals surface area (Å²) >= 11 is 0. The summed E-state index contributed by atoms with van der Waals surface area (Å²) in [6.45, 7) is 4.22. The standard InChI is InChI=1S/C29H36FNO5/c1-29(2,30)19-25(31-3)27(32)36-26(28(33)35-20-22-7-5-4-6-8-22)14-11-21-9-12-23(13-10-21)24-15-17-34-18-16-24/h4-10,12-13,15,25-26,31H,11,14,16-20H2,1-3H3/t25-,26+/m0/s1. The van der Waals surface area contributed by atoms with Crippen molar-refractivity contribution in [3.8, 4) is 0 Å². The van der Waals surface area contributed by atoms with Gasteiger partial charge in [0.05, 0.1) is 13.2 Å². The van der Waals surface area contributed by atoms with E-state index in [1.165, 1.54) is 19.4 Å². The van der Waals surface area contributed by atoms with Gasteiger partial charge in [-0.1, -0.05) is 60.7 Å². The third kappa shape index (κ3) is 8.88. The van der Waals surface area contributed by atoms with E-state index in [0.29, 0.717) is 13.0 Å². The summed E-state index contributed by atoms with van der Waals surface area (Å²) in [5.41, 5.74) is 2.69. The molecule has 1 N–H and O–H groups in total. The molecule has 0 fully saturated rings. The van der Waals surface area contributed by atoms with Crippen molar-refractivity contribution in [3.05, 3.63) is 77.4 Å². The van der Waals surface area contributed by atoms with Gasteiger partial charge in [-0.05, 0) is 62.4 Å². The van der Waals surface area contributed by atoms with Gasteiger partial charge in [0.25, 0.3) is 0 Å². The fourth-order valence-electron chi connectivity index (χ4n) is 4.03. The summed E-state index contributed by atoms with van der Waals surface area (Å²) in [4.78, 5) is 25.7. The highest BCUT2D eigenvalue weighted by atomic mass is 19.1. The number of hydrogen-bond donors (Lipinski definition) is 1. The van der Waals surface area contributed by atoms with Gasteiger partial charge in [0.15, 0.2) is 6.10 Å². The number of hydrogen-bond acceptors (Lipinski definition) is 6. The molecule has 1 aliphatic heterocycles. The second-order valence-corrected chi connectivity index (χ2v) is 9.57. The first-order valence-corrected chi connectivity index (χ1v) is 12.4. The van der Waals surface area contributed by atoms with Crippen LogP contribution < -0.4 is 5.32 Å². The first kappa shape index (κ1) is 27.6. The van der Waals surface area contributed by atoms with Crippen LogP contribution in [0.25, 0.3) is 5.57 Å². The highest BCUT2D eigenvalue weighted by Gasteiger charge is 2.32. The Morgan fingerprint density at radius 2 is 1.78 bits per heavy atom. The molecule has 0 saturated carbocycles. The lowest BCUT2D eigenvalue weighted by Crippen LogP contribution is -2.43. The van der Waals surface area contributed by atoms with Gasteiger partial charge in [0.2, 0.25) is 0 Å². The highest BCUT2D eigenvalue weighted by molar-refractivity contribution is 5.82. The molecule has 1 heterocycles. The number of rotatable bonds is 12. The Morgan fingerprint density at radius 3 is 2.39 bits per heavy atom. The first-order chi connectivity index (χ1) is 17.2. The van der Waals surface area contributed by atoms with Crippen molar-refractivity contribution in [3.63, 3.8) is 0 Å². The molecular weight excluding hydrogens is 461 g/mol. The van der Waals surface area contributed by atoms with Crippen LogP contribution in [0, 0.1) is 0 Å². The largest absolute Gasteiger partial charge is 0.458 e. The van der Waals surface area contributed by atoms with Crippen LogP contribution in [0.4, 0.5) is 4.39 Å². The first-order valence-electron chi connectivity index (χ1n) is 12.4. The van der Waals surface area contributed by atoms with E-state index in [4.69, 9.17) is 14.2 Å². The van der Waals surface area contributed by atoms with Gasteiger partial charge in [0, 0.05) is 6.42 Å². The van der Waals surface area contributed by atoms with Crippen molar-refractivity contribution >= 4 is 17.5 Å². The van der Waals surface area contributed by atoms with E-state index in [2.05, 4.69) is 23.5 Å². The molecule has 0 radical (unpaired) electrons. The SMILES string of the molecule is CN[C@@H](CC(C)(C)F)C(=O)O[C@H](CCc1ccc(C2=CCOCC2)cc1)C(=O)OCc1ccccc1. The second kappa shape index (κ2) is 13.3. The summed E-state index contributed by atoms with van der Waals surface area (Å²) in [7, 11) is 1.57. The van der Waals surface area contributed by atoms with Gasteiger partial charge >= 0.3 is 11.9 Å². The molecule has 2 atom stereocenters. The topological polar surface area (TPSA) is 73.9 Å². The Kier molecular flexibility index (Phi) is 10.2. The molecule has 194 valence electrons. The van der Waals surface area contributed by atoms with Crippen LogP contribution in [0.3, 0.4) is 0 Å². The van der Waals surface area contributed by atoms with Crippen LogP contribution in [-0.2, 0) is 36.8 Å². The summed E-state index contributed by atoms with van der Waals surface area (Å²) in [5, 5.41) is 2.79. The number of nitrogens with one attached hydrogen (secondary N) is 1. The zero-order valence-corrected chi connectivity index (χ0v) is 21.3. The number of carbonyl (C=O) groups excluding carboxylic acids is 2. The molecule has 7 heteroatoms. The van der Waals surface area contributed by atoms with Gasteiger partial charge in [-0.15, -0.1) is 0 Å². The number of esters is 2. The summed E-state index contributed by atoms with van der Waals surface area (Å²) in [6, 6.07) is 16.6. The molecule has 0 bridgehead atoms. The summed E-state index contributed by atoms with van der Waals surface area (Å²) < 4.78 is 30.6. The summed E-state index contributed by atoms with van der Waals surface area (Å²) in [5.74, 6) is -1.29. The fraction of sp³-hybridized carbons (Fsp3) is 0.448. The minimum Gasteiger partial charge on any atom is -0.458 e. The quantitative estimate of drug-likeness (QED) is 0.425. The maximum atomic E-state index is 14.2. The maximum absolute atomic E-state index is 14.2. The van der Waals surface area contributed by atoms with Gasteiger partial charge in [-0.2, -0.15) is 0 Å². The number of likely N-dealkylation sites (N-methyl/N-ethyl adjacent to an activating group) is 1. The van der Waals surface area contributed by atoms with Crippen LogP contribution >= 0.6 is 0 Å². The number of carbonyl (C=O) groups is 2. The number of halogens is 1. The molecule has 36 heavy (non-hydrogen) atoms. The maximum Gasteiger partial charge on any atom is 0.347 e. The van der Waals surface area contributed by atoms with E-state index < -0.39 is 29.8 Å². The van der Waals surface area contributed by atoms with E-state index in [1.807, 2.05) is 42.5 Å². The zero-order valence-electron chi connectivity index (χ0n) is 21.3. The Morgan fingerprint density at radius 1 is 1.06 bits per heavy atom. The number of alkyl halides is 1. The van der Waals surface area contributed by atoms with Crippen molar-refractivity contribution in [2.45, 2.75) is 64.0 Å². The monoisotopic (exact) mass is 497 g/mol. The normalized spacial score (nSPS) is 15.5. The second-order valence-electron chi connectivity index (χ2n) is 9.57. The van der Waals surface area contributed by atoms with Crippen LogP contribution in [0.2, 0.25) is 0 Å². The third-order valence-electron chi connectivity index (χ3n) is 6.05. The van der Waals surface area contributed by atoms with Gasteiger partial charge in [-0.3, -0.25) is 4.79 Å². The van der Waals surface area contributed by atoms with E-state index in [-0.39, 0.29) is 19.4 Å². The molecule has 0 aliphatic carbocycles. The lowest BCUT2D eigenvalue weighted by molar-refractivity contribution is -0.170. The van der Waals surface area contributed by atoms with Crippen molar-refractivity contribution in [1.29, 1.82) is 0 Å². The Hall–Kier alpha value is -3.03. The van der Waals surface area contributed by atoms with E-state index in [1.54, 1.807) is 7.05 Å². The van der Waals surface area contributed by atoms with Crippen LogP contribution in [0.1, 0.15) is 49.8 Å².